The lowest BCUT2D eigenvalue weighted by molar-refractivity contribution is -0.384. The highest BCUT2D eigenvalue weighted by Crippen LogP contribution is 2.29. The van der Waals surface area contributed by atoms with Gasteiger partial charge in [0.2, 0.25) is 5.91 Å². The van der Waals surface area contributed by atoms with Crippen molar-refractivity contribution in [2.75, 3.05) is 12.4 Å². The van der Waals surface area contributed by atoms with Crippen molar-refractivity contribution >= 4 is 17.3 Å². The van der Waals surface area contributed by atoms with E-state index < -0.39 is 4.92 Å². The van der Waals surface area contributed by atoms with Gasteiger partial charge in [-0.1, -0.05) is 71.1 Å². The molecule has 0 radical (unpaired) electrons. The molecule has 0 heterocycles. The van der Waals surface area contributed by atoms with E-state index >= 15 is 0 Å². The maximum atomic E-state index is 12.1. The average Bonchev–Trinajstić information content (AvgIpc) is 2.66. The second-order valence-corrected chi connectivity index (χ2v) is 6.98. The lowest BCUT2D eigenvalue weighted by Crippen LogP contribution is -2.12. The Labute approximate surface area is 162 Å². The van der Waals surface area contributed by atoms with Crippen LogP contribution < -0.4 is 10.1 Å². The number of hydrogen-bond acceptors (Lipinski definition) is 4. The fraction of sp³-hybridized carbons (Fsp3) is 0.667. The van der Waals surface area contributed by atoms with Gasteiger partial charge in [-0.2, -0.15) is 0 Å². The number of nitro groups is 1. The molecule has 152 valence electrons. The van der Waals surface area contributed by atoms with Gasteiger partial charge in [0.05, 0.1) is 17.7 Å². The summed E-state index contributed by atoms with van der Waals surface area (Å²) in [6, 6.07) is 4.19. The molecule has 0 saturated carbocycles. The summed E-state index contributed by atoms with van der Waals surface area (Å²) in [6.45, 7) is 2.24. The van der Waals surface area contributed by atoms with Gasteiger partial charge in [0, 0.05) is 18.6 Å². The molecule has 1 aromatic carbocycles. The first-order valence-corrected chi connectivity index (χ1v) is 10.2. The SMILES string of the molecule is CCCCCCCCCCCCCC(=O)Nc1cc([N+](=O)[O-])ccc1OC. The zero-order valence-corrected chi connectivity index (χ0v) is 16.8. The minimum atomic E-state index is -0.487. The molecule has 0 aliphatic heterocycles. The number of ether oxygens (including phenoxy) is 1. The molecule has 0 unspecified atom stereocenters. The number of nitro benzene ring substituents is 1. The Morgan fingerprint density at radius 2 is 1.56 bits per heavy atom. The molecule has 1 amide bonds. The number of non-ortho nitro benzene ring substituents is 1. The van der Waals surface area contributed by atoms with Crippen LogP contribution in [0.25, 0.3) is 0 Å². The van der Waals surface area contributed by atoms with Crippen LogP contribution in [0.4, 0.5) is 11.4 Å². The molecule has 27 heavy (non-hydrogen) atoms. The predicted octanol–water partition coefficient (Wildman–Crippen LogP) is 6.24. The predicted molar refractivity (Wildman–Crippen MR) is 109 cm³/mol. The highest BCUT2D eigenvalue weighted by atomic mass is 16.6. The van der Waals surface area contributed by atoms with Gasteiger partial charge in [-0.25, -0.2) is 0 Å². The van der Waals surface area contributed by atoms with Crippen molar-refractivity contribution in [1.82, 2.24) is 0 Å². The number of nitrogens with one attached hydrogen (secondary N) is 1. The summed E-state index contributed by atoms with van der Waals surface area (Å²) in [4.78, 5) is 22.5. The molecule has 1 rings (SSSR count). The summed E-state index contributed by atoms with van der Waals surface area (Å²) < 4.78 is 5.15. The van der Waals surface area contributed by atoms with Gasteiger partial charge in [-0.3, -0.25) is 14.9 Å². The van der Waals surface area contributed by atoms with Gasteiger partial charge < -0.3 is 10.1 Å². The molecule has 6 nitrogen and oxygen atoms in total. The van der Waals surface area contributed by atoms with Gasteiger partial charge in [0.15, 0.2) is 0 Å². The van der Waals surface area contributed by atoms with Gasteiger partial charge in [-0.05, 0) is 12.5 Å². The first kappa shape index (κ1) is 22.9. The van der Waals surface area contributed by atoms with E-state index in [-0.39, 0.29) is 11.6 Å². The number of rotatable bonds is 15. The van der Waals surface area contributed by atoms with Crippen LogP contribution in [0.2, 0.25) is 0 Å². The van der Waals surface area contributed by atoms with E-state index in [9.17, 15) is 14.9 Å². The fourth-order valence-electron chi connectivity index (χ4n) is 3.07. The maximum Gasteiger partial charge on any atom is 0.271 e. The van der Waals surface area contributed by atoms with Crippen LogP contribution in [0.15, 0.2) is 18.2 Å². The Morgan fingerprint density at radius 3 is 2.07 bits per heavy atom. The summed E-state index contributed by atoms with van der Waals surface area (Å²) in [5.41, 5.74) is 0.278. The Morgan fingerprint density at radius 1 is 1.00 bits per heavy atom. The number of benzene rings is 1. The lowest BCUT2D eigenvalue weighted by Gasteiger charge is -2.10. The third-order valence-corrected chi connectivity index (χ3v) is 4.68. The molecule has 1 aromatic rings. The van der Waals surface area contributed by atoms with Crippen LogP contribution in [-0.2, 0) is 4.79 Å². The molecule has 0 aliphatic rings. The van der Waals surface area contributed by atoms with E-state index in [0.717, 1.165) is 19.3 Å². The van der Waals surface area contributed by atoms with Gasteiger partial charge in [0.1, 0.15) is 5.75 Å². The minimum Gasteiger partial charge on any atom is -0.495 e. The smallest absolute Gasteiger partial charge is 0.271 e. The van der Waals surface area contributed by atoms with E-state index in [1.165, 1.54) is 76.7 Å². The quantitative estimate of drug-likeness (QED) is 0.222. The van der Waals surface area contributed by atoms with E-state index in [4.69, 9.17) is 4.74 Å². The molecule has 0 aliphatic carbocycles. The van der Waals surface area contributed by atoms with E-state index in [2.05, 4.69) is 12.2 Å². The molecule has 1 N–H and O–H groups in total. The highest BCUT2D eigenvalue weighted by molar-refractivity contribution is 5.92. The summed E-state index contributed by atoms with van der Waals surface area (Å²) >= 11 is 0. The third kappa shape index (κ3) is 9.97. The molecule has 0 saturated heterocycles. The van der Waals surface area contributed by atoms with Crippen LogP contribution in [0, 0.1) is 10.1 Å². The van der Waals surface area contributed by atoms with E-state index in [0.29, 0.717) is 17.9 Å². The number of unbranched alkanes of at least 4 members (excludes halogenated alkanes) is 10. The van der Waals surface area contributed by atoms with Gasteiger partial charge in [-0.15, -0.1) is 0 Å². The molecule has 0 bridgehead atoms. The van der Waals surface area contributed by atoms with Crippen molar-refractivity contribution in [2.45, 2.75) is 84.0 Å². The number of carbonyl (C=O) groups is 1. The largest absolute Gasteiger partial charge is 0.495 e. The van der Waals surface area contributed by atoms with Crippen LogP contribution in [0.3, 0.4) is 0 Å². The van der Waals surface area contributed by atoms with Crippen molar-refractivity contribution in [3.8, 4) is 5.75 Å². The second-order valence-electron chi connectivity index (χ2n) is 6.98. The van der Waals surface area contributed by atoms with Crippen LogP contribution in [0.5, 0.6) is 5.75 Å². The van der Waals surface area contributed by atoms with Crippen LogP contribution in [-0.4, -0.2) is 17.9 Å². The monoisotopic (exact) mass is 378 g/mol. The number of nitrogens with zero attached hydrogens (tertiary/aromatic N) is 1. The molecule has 0 spiro atoms. The van der Waals surface area contributed by atoms with Crippen molar-refractivity contribution in [3.05, 3.63) is 28.3 Å². The minimum absolute atomic E-state index is 0.0687. The average molecular weight is 379 g/mol. The zero-order valence-electron chi connectivity index (χ0n) is 16.8. The Bertz CT molecular complexity index is 575. The van der Waals surface area contributed by atoms with E-state index in [1.54, 1.807) is 0 Å². The Hall–Kier alpha value is -2.11. The van der Waals surface area contributed by atoms with Crippen molar-refractivity contribution in [2.24, 2.45) is 0 Å². The molecule has 0 aromatic heterocycles. The Balaban J connectivity index is 2.17. The summed E-state index contributed by atoms with van der Waals surface area (Å²) in [5.74, 6) is 0.289. The summed E-state index contributed by atoms with van der Waals surface area (Å²) in [7, 11) is 1.47. The maximum absolute atomic E-state index is 12.1. The second kappa shape index (κ2) is 14.0. The molecular weight excluding hydrogens is 344 g/mol. The molecule has 0 fully saturated rings. The molecular formula is C21H34N2O4. The number of carbonyl (C=O) groups excluding carboxylic acids is 1. The highest BCUT2D eigenvalue weighted by Gasteiger charge is 2.13. The summed E-state index contributed by atoms with van der Waals surface area (Å²) in [6.07, 6.45) is 14.0. The molecule has 0 atom stereocenters. The number of methoxy groups -OCH3 is 1. The summed E-state index contributed by atoms with van der Waals surface area (Å²) in [5, 5.41) is 13.6. The fourth-order valence-corrected chi connectivity index (χ4v) is 3.07. The number of amides is 1. The van der Waals surface area contributed by atoms with Crippen molar-refractivity contribution in [1.29, 1.82) is 0 Å². The van der Waals surface area contributed by atoms with Crippen molar-refractivity contribution < 1.29 is 14.5 Å². The number of anilines is 1. The van der Waals surface area contributed by atoms with Crippen LogP contribution in [0.1, 0.15) is 84.0 Å². The first-order chi connectivity index (χ1) is 13.1. The molecule has 6 heteroatoms. The third-order valence-electron chi connectivity index (χ3n) is 4.68. The lowest BCUT2D eigenvalue weighted by atomic mass is 10.1. The Kier molecular flexibility index (Phi) is 11.9. The van der Waals surface area contributed by atoms with Crippen LogP contribution >= 0.6 is 0 Å². The number of hydrogen-bond donors (Lipinski definition) is 1. The van der Waals surface area contributed by atoms with Gasteiger partial charge >= 0.3 is 0 Å². The first-order valence-electron chi connectivity index (χ1n) is 10.2. The van der Waals surface area contributed by atoms with Gasteiger partial charge in [0.25, 0.3) is 5.69 Å². The van der Waals surface area contributed by atoms with E-state index in [1.807, 2.05) is 0 Å². The zero-order chi connectivity index (χ0) is 19.9. The standard InChI is InChI=1S/C21H34N2O4/c1-3-4-5-6-7-8-9-10-11-12-13-14-21(24)22-19-17-18(23(25)26)15-16-20(19)27-2/h15-17H,3-14H2,1-2H3,(H,22,24). The van der Waals surface area contributed by atoms with Crippen molar-refractivity contribution in [3.63, 3.8) is 0 Å². The normalized spacial score (nSPS) is 10.6. The topological polar surface area (TPSA) is 81.5 Å².